The average Bonchev–Trinajstić information content (AvgIpc) is 3.60. The molecule has 2 fully saturated rings. The first-order chi connectivity index (χ1) is 18.8. The molecule has 0 aromatic carbocycles. The number of amides is 1. The molecule has 0 saturated carbocycles. The number of nitrogens with zero attached hydrogens (tertiary/aromatic N) is 8. The molecule has 10 nitrogen and oxygen atoms in total. The Kier molecular flexibility index (Phi) is 6.06. The Morgan fingerprint density at radius 2 is 1.92 bits per heavy atom. The van der Waals surface area contributed by atoms with E-state index in [9.17, 15) is 23.2 Å². The highest BCUT2D eigenvalue weighted by Gasteiger charge is 2.48. The Morgan fingerprint density at radius 1 is 1.13 bits per heavy atom. The molecule has 2 aliphatic heterocycles. The van der Waals surface area contributed by atoms with Crippen LogP contribution in [0.2, 0.25) is 0 Å². The van der Waals surface area contributed by atoms with E-state index in [0.29, 0.717) is 38.8 Å². The van der Waals surface area contributed by atoms with Gasteiger partial charge in [0.25, 0.3) is 5.91 Å². The first kappa shape index (κ1) is 25.0. The lowest BCUT2D eigenvalue weighted by Gasteiger charge is -2.53. The Labute approximate surface area is 221 Å². The second kappa shape index (κ2) is 9.46. The number of alkyl halides is 3. The summed E-state index contributed by atoms with van der Waals surface area (Å²) in [5.74, 6) is -0.422. The second-order valence-electron chi connectivity index (χ2n) is 10.0. The fraction of sp³-hybridized carbons (Fsp3) is 0.385. The largest absolute Gasteiger partial charge is 0.434 e. The predicted octanol–water partition coefficient (Wildman–Crippen LogP) is 3.46. The van der Waals surface area contributed by atoms with Gasteiger partial charge < -0.3 is 9.88 Å². The molecule has 0 bridgehead atoms. The average molecular weight is 536 g/mol. The van der Waals surface area contributed by atoms with Crippen LogP contribution < -0.4 is 0 Å². The fourth-order valence-corrected chi connectivity index (χ4v) is 5.57. The summed E-state index contributed by atoms with van der Waals surface area (Å²) in [5, 5.41) is 15.2. The molecule has 1 N–H and O–H groups in total. The summed E-state index contributed by atoms with van der Waals surface area (Å²) in [6, 6.07) is 6.48. The minimum absolute atomic E-state index is 0.0981. The number of carbonyl (C=O) groups excluding carboxylic acids is 1. The van der Waals surface area contributed by atoms with Gasteiger partial charge in [-0.3, -0.25) is 14.4 Å². The van der Waals surface area contributed by atoms with Gasteiger partial charge in [-0.25, -0.2) is 15.0 Å². The minimum Gasteiger partial charge on any atom is -0.346 e. The van der Waals surface area contributed by atoms with Crippen LogP contribution in [0.25, 0.3) is 22.2 Å². The van der Waals surface area contributed by atoms with E-state index >= 15 is 0 Å². The maximum Gasteiger partial charge on any atom is 0.434 e. The van der Waals surface area contributed by atoms with Gasteiger partial charge >= 0.3 is 6.18 Å². The van der Waals surface area contributed by atoms with Crippen molar-refractivity contribution in [2.24, 2.45) is 0 Å². The number of hydrogen-bond donors (Lipinski definition) is 1. The number of likely N-dealkylation sites (tertiary alicyclic amines) is 2. The second-order valence-corrected chi connectivity index (χ2v) is 10.0. The summed E-state index contributed by atoms with van der Waals surface area (Å²) >= 11 is 0. The van der Waals surface area contributed by atoms with Gasteiger partial charge in [0.15, 0.2) is 5.69 Å². The maximum absolute atomic E-state index is 12.8. The summed E-state index contributed by atoms with van der Waals surface area (Å²) in [5.41, 5.74) is 1.12. The highest BCUT2D eigenvalue weighted by Crippen LogP contribution is 2.37. The number of rotatable bonds is 5. The molecule has 200 valence electrons. The van der Waals surface area contributed by atoms with Gasteiger partial charge in [0, 0.05) is 61.8 Å². The third kappa shape index (κ3) is 4.50. The van der Waals surface area contributed by atoms with Gasteiger partial charge in [0.05, 0.1) is 31.1 Å². The van der Waals surface area contributed by atoms with E-state index in [-0.39, 0.29) is 11.7 Å². The van der Waals surface area contributed by atoms with Gasteiger partial charge in [-0.05, 0) is 30.5 Å². The Bertz CT molecular complexity index is 1540. The Hall–Kier alpha value is -4.31. The number of hydrogen-bond acceptors (Lipinski definition) is 7. The monoisotopic (exact) mass is 535 g/mol. The number of halogens is 3. The van der Waals surface area contributed by atoms with E-state index in [1.807, 2.05) is 35.4 Å². The van der Waals surface area contributed by atoms with Crippen molar-refractivity contribution < 1.29 is 18.0 Å². The molecular formula is C26H24F3N9O. The lowest BCUT2D eigenvalue weighted by atomic mass is 9.83. The zero-order chi connectivity index (χ0) is 27.2. The SMILES string of the molecule is N#CCC1(n2cc(-c3ccnc4[nH]ccc34)cn2)CN(C2CCN(C(=O)c3cnc(C(F)(F)F)cn3)CC2)C1. The van der Waals surface area contributed by atoms with Crippen LogP contribution in [0.4, 0.5) is 13.2 Å². The number of pyridine rings is 1. The zero-order valence-electron chi connectivity index (χ0n) is 20.8. The third-order valence-electron chi connectivity index (χ3n) is 7.67. The number of aromatic amines is 1. The number of aromatic nitrogens is 6. The smallest absolute Gasteiger partial charge is 0.346 e. The lowest BCUT2D eigenvalue weighted by Crippen LogP contribution is -2.66. The molecule has 6 heterocycles. The van der Waals surface area contributed by atoms with Gasteiger partial charge in [0.1, 0.15) is 16.9 Å². The Morgan fingerprint density at radius 3 is 2.62 bits per heavy atom. The molecule has 4 aromatic heterocycles. The summed E-state index contributed by atoms with van der Waals surface area (Å²) < 4.78 is 40.1. The summed E-state index contributed by atoms with van der Waals surface area (Å²) in [7, 11) is 0. The maximum atomic E-state index is 12.8. The van der Waals surface area contributed by atoms with Crippen molar-refractivity contribution in [3.05, 3.63) is 60.7 Å². The summed E-state index contributed by atoms with van der Waals surface area (Å²) in [6.45, 7) is 2.27. The van der Waals surface area contributed by atoms with Crippen LogP contribution in [-0.4, -0.2) is 77.6 Å². The van der Waals surface area contributed by atoms with Crippen LogP contribution in [0.15, 0.2) is 49.3 Å². The molecule has 0 spiro atoms. The molecule has 0 aliphatic carbocycles. The van der Waals surface area contributed by atoms with E-state index < -0.39 is 23.3 Å². The van der Waals surface area contributed by atoms with Crippen LogP contribution in [-0.2, 0) is 11.7 Å². The molecule has 2 aliphatic rings. The van der Waals surface area contributed by atoms with E-state index in [4.69, 9.17) is 0 Å². The highest BCUT2D eigenvalue weighted by atomic mass is 19.4. The predicted molar refractivity (Wildman–Crippen MR) is 133 cm³/mol. The molecule has 0 unspecified atom stereocenters. The zero-order valence-corrected chi connectivity index (χ0v) is 20.8. The van der Waals surface area contributed by atoms with Crippen molar-refractivity contribution >= 4 is 16.9 Å². The Balaban J connectivity index is 1.09. The van der Waals surface area contributed by atoms with Gasteiger partial charge in [-0.2, -0.15) is 23.5 Å². The molecular weight excluding hydrogens is 511 g/mol. The van der Waals surface area contributed by atoms with Crippen molar-refractivity contribution in [2.45, 2.75) is 37.0 Å². The topological polar surface area (TPSA) is 120 Å². The third-order valence-corrected chi connectivity index (χ3v) is 7.67. The van der Waals surface area contributed by atoms with Crippen LogP contribution >= 0.6 is 0 Å². The van der Waals surface area contributed by atoms with Crippen molar-refractivity contribution in [1.82, 2.24) is 39.5 Å². The van der Waals surface area contributed by atoms with Crippen molar-refractivity contribution in [2.75, 3.05) is 26.2 Å². The quantitative estimate of drug-likeness (QED) is 0.416. The van der Waals surface area contributed by atoms with E-state index in [0.717, 1.165) is 41.2 Å². The van der Waals surface area contributed by atoms with Crippen LogP contribution in [0.1, 0.15) is 35.4 Å². The lowest BCUT2D eigenvalue weighted by molar-refractivity contribution is -0.141. The van der Waals surface area contributed by atoms with Crippen LogP contribution in [0.5, 0.6) is 0 Å². The van der Waals surface area contributed by atoms with Crippen molar-refractivity contribution in [3.63, 3.8) is 0 Å². The molecule has 39 heavy (non-hydrogen) atoms. The van der Waals surface area contributed by atoms with Crippen LogP contribution in [0.3, 0.4) is 0 Å². The number of carbonyl (C=O) groups is 1. The van der Waals surface area contributed by atoms with E-state index in [2.05, 4.69) is 36.0 Å². The molecule has 6 rings (SSSR count). The number of fused-ring (bicyclic) bond motifs is 1. The van der Waals surface area contributed by atoms with E-state index in [1.165, 1.54) is 0 Å². The number of H-pyrrole nitrogens is 1. The van der Waals surface area contributed by atoms with Crippen molar-refractivity contribution in [3.8, 4) is 17.2 Å². The van der Waals surface area contributed by atoms with E-state index in [1.54, 1.807) is 11.1 Å². The fourth-order valence-electron chi connectivity index (χ4n) is 5.57. The van der Waals surface area contributed by atoms with Gasteiger partial charge in [-0.1, -0.05) is 0 Å². The molecule has 2 saturated heterocycles. The minimum atomic E-state index is -4.60. The molecule has 0 radical (unpaired) electrons. The molecule has 1 amide bonds. The van der Waals surface area contributed by atoms with Crippen molar-refractivity contribution in [1.29, 1.82) is 5.26 Å². The highest BCUT2D eigenvalue weighted by molar-refractivity contribution is 5.92. The number of nitriles is 1. The van der Waals surface area contributed by atoms with Gasteiger partial charge in [0.2, 0.25) is 0 Å². The molecule has 0 atom stereocenters. The normalized spacial score (nSPS) is 18.2. The summed E-state index contributed by atoms with van der Waals surface area (Å²) in [6.07, 6.45) is 6.04. The van der Waals surface area contributed by atoms with Gasteiger partial charge in [-0.15, -0.1) is 0 Å². The first-order valence-corrected chi connectivity index (χ1v) is 12.5. The molecule has 4 aromatic rings. The van der Waals surface area contributed by atoms with Crippen LogP contribution in [0, 0.1) is 11.3 Å². The number of nitrogens with one attached hydrogen (secondary N) is 1. The molecule has 13 heteroatoms. The standard InChI is InChI=1S/C26H24F3N9O/c27-26(28,29)22-13-33-21(12-34-22)24(39)36-9-3-18(4-10-36)37-15-25(16-37,5-6-30)38-14-17(11-35-38)19-1-7-31-23-20(19)2-8-32-23/h1-2,7-8,11-14,18H,3-5,9-10,15-16H2,(H,31,32). The first-order valence-electron chi connectivity index (χ1n) is 12.5. The number of piperidine rings is 1. The summed E-state index contributed by atoms with van der Waals surface area (Å²) in [4.78, 5) is 31.2.